The Balaban J connectivity index is 2.91. The van der Waals surface area contributed by atoms with E-state index in [0.29, 0.717) is 0 Å². The number of hydrogen-bond acceptors (Lipinski definition) is 3. The average molecular weight is 232 g/mol. The predicted molar refractivity (Wildman–Crippen MR) is 68.3 cm³/mol. The number of methoxy groups -OCH3 is 3. The van der Waals surface area contributed by atoms with Gasteiger partial charge in [0.15, 0.2) is 0 Å². The first-order valence-electron chi connectivity index (χ1n) is 5.41. The van der Waals surface area contributed by atoms with Crippen molar-refractivity contribution in [2.24, 2.45) is 0 Å². The maximum absolute atomic E-state index is 5.45. The normalized spacial score (nSPS) is 10.4. The second kappa shape index (κ2) is 4.53. The molecule has 17 heavy (non-hydrogen) atoms. The van der Waals surface area contributed by atoms with Gasteiger partial charge in [-0.1, -0.05) is 12.1 Å². The van der Waals surface area contributed by atoms with E-state index in [0.717, 1.165) is 33.6 Å². The monoisotopic (exact) mass is 232 g/mol. The number of hydrogen-bond donors (Lipinski definition) is 0. The zero-order valence-corrected chi connectivity index (χ0v) is 10.5. The summed E-state index contributed by atoms with van der Waals surface area (Å²) in [4.78, 5) is 0. The van der Waals surface area contributed by atoms with Gasteiger partial charge in [0.25, 0.3) is 0 Å². The summed E-state index contributed by atoms with van der Waals surface area (Å²) in [5.74, 6) is 2.45. The lowest BCUT2D eigenvalue weighted by Gasteiger charge is -2.15. The third kappa shape index (κ3) is 1.78. The summed E-state index contributed by atoms with van der Waals surface area (Å²) in [5.41, 5.74) is 1.05. The van der Waals surface area contributed by atoms with Gasteiger partial charge in [-0.2, -0.15) is 0 Å². The van der Waals surface area contributed by atoms with Gasteiger partial charge in [0.05, 0.1) is 26.7 Å². The van der Waals surface area contributed by atoms with Crippen molar-refractivity contribution in [1.29, 1.82) is 0 Å². The molecule has 2 aromatic carbocycles. The average Bonchev–Trinajstić information content (AvgIpc) is 2.36. The zero-order valence-electron chi connectivity index (χ0n) is 10.5. The van der Waals surface area contributed by atoms with Gasteiger partial charge in [-0.15, -0.1) is 0 Å². The van der Waals surface area contributed by atoms with E-state index in [2.05, 4.69) is 0 Å². The smallest absolute Gasteiger partial charge is 0.130 e. The van der Waals surface area contributed by atoms with Gasteiger partial charge < -0.3 is 14.2 Å². The summed E-state index contributed by atoms with van der Waals surface area (Å²) in [7, 11) is 4.99. The van der Waals surface area contributed by atoms with Crippen molar-refractivity contribution < 1.29 is 14.2 Å². The summed E-state index contributed by atoms with van der Waals surface area (Å²) in [5, 5.41) is 1.95. The lowest BCUT2D eigenvalue weighted by atomic mass is 10.0. The largest absolute Gasteiger partial charge is 0.496 e. The van der Waals surface area contributed by atoms with E-state index in [1.165, 1.54) is 0 Å². The molecule has 0 bridgehead atoms. The molecule has 0 fully saturated rings. The van der Waals surface area contributed by atoms with Crippen molar-refractivity contribution in [3.8, 4) is 17.2 Å². The van der Waals surface area contributed by atoms with E-state index in [1.54, 1.807) is 21.3 Å². The Bertz CT molecular complexity index is 547. The minimum absolute atomic E-state index is 0.789. The summed E-state index contributed by atoms with van der Waals surface area (Å²) in [6.07, 6.45) is 0. The lowest BCUT2D eigenvalue weighted by molar-refractivity contribution is 0.399. The van der Waals surface area contributed by atoms with Crippen LogP contribution in [0.2, 0.25) is 0 Å². The van der Waals surface area contributed by atoms with Crippen LogP contribution in [0, 0.1) is 6.92 Å². The van der Waals surface area contributed by atoms with E-state index in [9.17, 15) is 0 Å². The first-order valence-corrected chi connectivity index (χ1v) is 5.41. The highest BCUT2D eigenvalue weighted by Gasteiger charge is 2.14. The third-order valence-corrected chi connectivity index (χ3v) is 2.87. The lowest BCUT2D eigenvalue weighted by Crippen LogP contribution is -1.95. The van der Waals surface area contributed by atoms with Gasteiger partial charge in [0, 0.05) is 5.39 Å². The standard InChI is InChI=1S/C14H16O3/c1-9-8-12(16-3)13-10(14(9)17-4)6-5-7-11(13)15-2/h5-8H,1-4H3. The molecule has 0 heterocycles. The van der Waals surface area contributed by atoms with E-state index in [-0.39, 0.29) is 0 Å². The molecule has 0 aliphatic heterocycles. The second-order valence-corrected chi connectivity index (χ2v) is 3.81. The first-order chi connectivity index (χ1) is 8.22. The molecular formula is C14H16O3. The number of fused-ring (bicyclic) bond motifs is 1. The van der Waals surface area contributed by atoms with Gasteiger partial charge in [-0.05, 0) is 24.6 Å². The SMILES string of the molecule is COc1c(C)cc(OC)c2c(OC)cccc12. The Hall–Kier alpha value is -1.90. The van der Waals surface area contributed by atoms with Crippen LogP contribution >= 0.6 is 0 Å². The molecule has 0 saturated heterocycles. The molecule has 3 heteroatoms. The van der Waals surface area contributed by atoms with Crippen LogP contribution < -0.4 is 14.2 Å². The fourth-order valence-corrected chi connectivity index (χ4v) is 2.12. The molecule has 0 aromatic heterocycles. The summed E-state index contributed by atoms with van der Waals surface area (Å²) in [6, 6.07) is 7.83. The fourth-order valence-electron chi connectivity index (χ4n) is 2.12. The molecule has 0 radical (unpaired) electrons. The van der Waals surface area contributed by atoms with Gasteiger partial charge in [0.1, 0.15) is 17.2 Å². The molecule has 0 atom stereocenters. The Morgan fingerprint density at radius 3 is 2.18 bits per heavy atom. The Kier molecular flexibility index (Phi) is 3.09. The number of ether oxygens (including phenoxy) is 3. The number of benzene rings is 2. The van der Waals surface area contributed by atoms with Crippen LogP contribution in [0.4, 0.5) is 0 Å². The Morgan fingerprint density at radius 2 is 1.59 bits per heavy atom. The first kappa shape index (κ1) is 11.6. The van der Waals surface area contributed by atoms with Crippen LogP contribution in [-0.4, -0.2) is 21.3 Å². The summed E-state index contributed by atoms with van der Waals surface area (Å²) < 4.78 is 16.2. The molecule has 90 valence electrons. The molecular weight excluding hydrogens is 216 g/mol. The molecule has 0 aliphatic carbocycles. The molecule has 0 saturated carbocycles. The third-order valence-electron chi connectivity index (χ3n) is 2.87. The highest BCUT2D eigenvalue weighted by Crippen LogP contribution is 2.41. The second-order valence-electron chi connectivity index (χ2n) is 3.81. The van der Waals surface area contributed by atoms with Gasteiger partial charge in [-0.3, -0.25) is 0 Å². The van der Waals surface area contributed by atoms with Crippen molar-refractivity contribution in [1.82, 2.24) is 0 Å². The minimum atomic E-state index is 0.789. The minimum Gasteiger partial charge on any atom is -0.496 e. The topological polar surface area (TPSA) is 27.7 Å². The van der Waals surface area contributed by atoms with Crippen LogP contribution in [0.15, 0.2) is 24.3 Å². The highest BCUT2D eigenvalue weighted by molar-refractivity contribution is 5.98. The molecule has 2 aromatic rings. The maximum Gasteiger partial charge on any atom is 0.130 e. The van der Waals surface area contributed by atoms with Crippen LogP contribution in [0.1, 0.15) is 5.56 Å². The van der Waals surface area contributed by atoms with Gasteiger partial charge in [-0.25, -0.2) is 0 Å². The van der Waals surface area contributed by atoms with E-state index >= 15 is 0 Å². The van der Waals surface area contributed by atoms with Crippen molar-refractivity contribution >= 4 is 10.8 Å². The van der Waals surface area contributed by atoms with Gasteiger partial charge >= 0.3 is 0 Å². The Labute approximate surface area is 101 Å². The molecule has 2 rings (SSSR count). The summed E-state index contributed by atoms with van der Waals surface area (Å²) in [6.45, 7) is 2.00. The van der Waals surface area contributed by atoms with E-state index < -0.39 is 0 Å². The summed E-state index contributed by atoms with van der Waals surface area (Å²) >= 11 is 0. The number of rotatable bonds is 3. The van der Waals surface area contributed by atoms with Gasteiger partial charge in [0.2, 0.25) is 0 Å². The predicted octanol–water partition coefficient (Wildman–Crippen LogP) is 3.17. The van der Waals surface area contributed by atoms with Crippen molar-refractivity contribution in [2.45, 2.75) is 6.92 Å². The van der Waals surface area contributed by atoms with Crippen LogP contribution in [0.5, 0.6) is 17.2 Å². The molecule has 0 aliphatic rings. The fraction of sp³-hybridized carbons (Fsp3) is 0.286. The van der Waals surface area contributed by atoms with Crippen molar-refractivity contribution in [3.05, 3.63) is 29.8 Å². The number of aryl methyl sites for hydroxylation is 1. The quantitative estimate of drug-likeness (QED) is 0.813. The van der Waals surface area contributed by atoms with Crippen LogP contribution in [0.3, 0.4) is 0 Å². The molecule has 0 amide bonds. The van der Waals surface area contributed by atoms with E-state index in [4.69, 9.17) is 14.2 Å². The van der Waals surface area contributed by atoms with Crippen molar-refractivity contribution in [3.63, 3.8) is 0 Å². The van der Waals surface area contributed by atoms with E-state index in [1.807, 2.05) is 31.2 Å². The molecule has 0 unspecified atom stereocenters. The zero-order chi connectivity index (χ0) is 12.4. The molecule has 0 spiro atoms. The van der Waals surface area contributed by atoms with Crippen molar-refractivity contribution in [2.75, 3.05) is 21.3 Å². The molecule has 3 nitrogen and oxygen atoms in total. The van der Waals surface area contributed by atoms with Crippen LogP contribution in [-0.2, 0) is 0 Å². The van der Waals surface area contributed by atoms with Crippen LogP contribution in [0.25, 0.3) is 10.8 Å². The highest BCUT2D eigenvalue weighted by atomic mass is 16.5. The Morgan fingerprint density at radius 1 is 0.882 bits per heavy atom. The maximum atomic E-state index is 5.45. The molecule has 0 N–H and O–H groups in total.